The van der Waals surface area contributed by atoms with E-state index in [0.29, 0.717) is 11.1 Å². The van der Waals surface area contributed by atoms with Gasteiger partial charge in [-0.25, -0.2) is 18.4 Å². The van der Waals surface area contributed by atoms with Crippen LogP contribution in [0.1, 0.15) is 69.9 Å². The van der Waals surface area contributed by atoms with Gasteiger partial charge in [0.05, 0.1) is 36.6 Å². The summed E-state index contributed by atoms with van der Waals surface area (Å²) in [4.78, 5) is 39.5. The van der Waals surface area contributed by atoms with Crippen LogP contribution < -0.4 is 15.6 Å². The highest BCUT2D eigenvalue weighted by Gasteiger charge is 2.42. The lowest BCUT2D eigenvalue weighted by atomic mass is 10.0. The molecule has 39 heavy (non-hydrogen) atoms. The van der Waals surface area contributed by atoms with Crippen LogP contribution in [0.5, 0.6) is 0 Å². The van der Waals surface area contributed by atoms with Crippen LogP contribution in [-0.4, -0.2) is 60.8 Å². The predicted molar refractivity (Wildman–Crippen MR) is 144 cm³/mol. The zero-order valence-corrected chi connectivity index (χ0v) is 23.6. The molecule has 2 aliphatic rings. The number of carbonyl (C=O) groups excluding carboxylic acids is 2. The number of hydrogen-bond acceptors (Lipinski definition) is 6. The van der Waals surface area contributed by atoms with E-state index < -0.39 is 59.8 Å². The molecule has 1 aliphatic carbocycles. The molecule has 2 aromatic rings. The van der Waals surface area contributed by atoms with Gasteiger partial charge in [0.15, 0.2) is 0 Å². The van der Waals surface area contributed by atoms with Gasteiger partial charge in [-0.15, -0.1) is 0 Å². The van der Waals surface area contributed by atoms with Gasteiger partial charge in [0.2, 0.25) is 5.43 Å². The van der Waals surface area contributed by atoms with E-state index in [-0.39, 0.29) is 42.8 Å². The minimum absolute atomic E-state index is 0.0427. The number of carbonyl (C=O) groups is 2. The van der Waals surface area contributed by atoms with Crippen molar-refractivity contribution in [2.75, 3.05) is 31.3 Å². The molecule has 4 rings (SSSR count). The Balaban J connectivity index is 0.00000205. The normalized spacial score (nSPS) is 22.3. The number of fused-ring (bicyclic) bond motifs is 1. The summed E-state index contributed by atoms with van der Waals surface area (Å²) < 4.78 is 55.4. The van der Waals surface area contributed by atoms with Gasteiger partial charge in [0, 0.05) is 37.0 Å². The third-order valence-corrected chi connectivity index (χ3v) is 6.67. The molecule has 1 saturated heterocycles. The van der Waals surface area contributed by atoms with Crippen LogP contribution in [-0.2, 0) is 9.47 Å². The van der Waals surface area contributed by atoms with Gasteiger partial charge < -0.3 is 24.3 Å². The Morgan fingerprint density at radius 2 is 1.85 bits per heavy atom. The van der Waals surface area contributed by atoms with Crippen LogP contribution in [0.2, 0.25) is 0 Å². The summed E-state index contributed by atoms with van der Waals surface area (Å²) in [6.45, 7) is 11.9. The minimum Gasteiger partial charge on any atom is -0.462 e. The standard InChI is InChI=1S/C26H32F3N3O5.C2H6/c1-6-36-24(34)16-11-32(20-8-17(20)28)21-13(2)22(18(29)7-15(21)23(16)33)31-10-14(9-27)19(12-31)30-25(35)37-26(3,4)5;1-2/h7,11,14,17,19-20H,6,8-10,12H2,1-5H3,(H,30,35);1-2H3. The van der Waals surface area contributed by atoms with E-state index in [4.69, 9.17) is 9.47 Å². The van der Waals surface area contributed by atoms with Gasteiger partial charge in [-0.2, -0.15) is 0 Å². The van der Waals surface area contributed by atoms with Gasteiger partial charge >= 0.3 is 12.1 Å². The number of benzene rings is 1. The van der Waals surface area contributed by atoms with E-state index in [1.807, 2.05) is 13.8 Å². The van der Waals surface area contributed by atoms with E-state index in [1.54, 1.807) is 39.5 Å². The van der Waals surface area contributed by atoms with E-state index in [9.17, 15) is 23.2 Å². The maximum absolute atomic E-state index is 15.6. The number of nitrogens with one attached hydrogen (secondary N) is 1. The molecule has 216 valence electrons. The van der Waals surface area contributed by atoms with Crippen molar-refractivity contribution in [3.05, 3.63) is 39.4 Å². The summed E-state index contributed by atoms with van der Waals surface area (Å²) in [5, 5.41) is 2.62. The lowest BCUT2D eigenvalue weighted by molar-refractivity contribution is 0.0491. The zero-order valence-electron chi connectivity index (χ0n) is 23.6. The Morgan fingerprint density at radius 1 is 1.21 bits per heavy atom. The van der Waals surface area contributed by atoms with Crippen molar-refractivity contribution in [2.24, 2.45) is 5.92 Å². The number of nitrogens with zero attached hydrogens (tertiary/aromatic N) is 2. The Morgan fingerprint density at radius 3 is 2.38 bits per heavy atom. The number of aryl methyl sites for hydroxylation is 1. The molecule has 11 heteroatoms. The van der Waals surface area contributed by atoms with Gasteiger partial charge in [0.25, 0.3) is 0 Å². The Labute approximate surface area is 226 Å². The summed E-state index contributed by atoms with van der Waals surface area (Å²) in [5.41, 5.74) is -0.940. The van der Waals surface area contributed by atoms with Crippen LogP contribution in [0, 0.1) is 18.7 Å². The van der Waals surface area contributed by atoms with Gasteiger partial charge in [-0.05, 0) is 46.2 Å². The number of alkyl carbamates (subject to hydrolysis) is 1. The van der Waals surface area contributed by atoms with Crippen molar-refractivity contribution in [3.8, 4) is 0 Å². The highest BCUT2D eigenvalue weighted by atomic mass is 19.1. The number of esters is 1. The number of ether oxygens (including phenoxy) is 2. The molecule has 0 radical (unpaired) electrons. The van der Waals surface area contributed by atoms with E-state index in [1.165, 1.54) is 10.8 Å². The summed E-state index contributed by atoms with van der Waals surface area (Å²) in [7, 11) is 0. The molecule has 0 bridgehead atoms. The molecular weight excluding hydrogens is 515 g/mol. The first-order chi connectivity index (χ1) is 18.4. The molecule has 1 saturated carbocycles. The summed E-state index contributed by atoms with van der Waals surface area (Å²) in [6.07, 6.45) is -0.389. The molecule has 2 heterocycles. The summed E-state index contributed by atoms with van der Waals surface area (Å²) in [6, 6.07) is -0.207. The van der Waals surface area contributed by atoms with Crippen LogP contribution in [0.15, 0.2) is 17.1 Å². The lowest BCUT2D eigenvalue weighted by Gasteiger charge is -2.25. The van der Waals surface area contributed by atoms with Crippen LogP contribution in [0.25, 0.3) is 10.9 Å². The van der Waals surface area contributed by atoms with Gasteiger partial charge in [-0.1, -0.05) is 13.8 Å². The molecule has 1 aromatic heterocycles. The Hall–Kier alpha value is -3.24. The number of aromatic nitrogens is 1. The van der Waals surface area contributed by atoms with Crippen LogP contribution in [0.4, 0.5) is 23.7 Å². The molecule has 4 atom stereocenters. The number of halogens is 3. The average Bonchev–Trinajstić information content (AvgIpc) is 3.45. The fraction of sp³-hybridized carbons (Fsp3) is 0.607. The van der Waals surface area contributed by atoms with Crippen molar-refractivity contribution < 1.29 is 32.2 Å². The molecular formula is C28H38F3N3O5. The number of hydrogen-bond donors (Lipinski definition) is 1. The fourth-order valence-corrected chi connectivity index (χ4v) is 4.95. The number of amides is 1. The van der Waals surface area contributed by atoms with Crippen molar-refractivity contribution in [1.29, 1.82) is 0 Å². The molecule has 1 aromatic carbocycles. The minimum atomic E-state index is -1.17. The largest absolute Gasteiger partial charge is 0.462 e. The van der Waals surface area contributed by atoms with E-state index >= 15 is 4.39 Å². The maximum Gasteiger partial charge on any atom is 0.407 e. The van der Waals surface area contributed by atoms with E-state index in [2.05, 4.69) is 5.32 Å². The highest BCUT2D eigenvalue weighted by molar-refractivity contribution is 5.96. The second-order valence-electron chi connectivity index (χ2n) is 10.6. The molecule has 8 nitrogen and oxygen atoms in total. The molecule has 1 aliphatic heterocycles. The predicted octanol–water partition coefficient (Wildman–Crippen LogP) is 5.23. The fourth-order valence-electron chi connectivity index (χ4n) is 4.95. The zero-order chi connectivity index (χ0) is 29.2. The number of anilines is 1. The molecule has 4 unspecified atom stereocenters. The Bertz CT molecular complexity index is 1290. The van der Waals surface area contributed by atoms with E-state index in [0.717, 1.165) is 6.07 Å². The van der Waals surface area contributed by atoms with Crippen molar-refractivity contribution >= 4 is 28.7 Å². The number of rotatable bonds is 6. The SMILES string of the molecule is CC.CCOC(=O)c1cn(C2CC2F)c2c(C)c(N3CC(CF)C(NC(=O)OC(C)(C)C)C3)c(F)cc2c1=O. The first-order valence-electron chi connectivity index (χ1n) is 13.4. The van der Waals surface area contributed by atoms with Gasteiger partial charge in [-0.3, -0.25) is 9.18 Å². The number of pyridine rings is 1. The van der Waals surface area contributed by atoms with Crippen LogP contribution in [0.3, 0.4) is 0 Å². The average molecular weight is 554 g/mol. The first-order valence-corrected chi connectivity index (χ1v) is 13.4. The van der Waals surface area contributed by atoms with Gasteiger partial charge in [0.1, 0.15) is 23.2 Å². The van der Waals surface area contributed by atoms with Crippen LogP contribution >= 0.6 is 0 Å². The van der Waals surface area contributed by atoms with Crippen molar-refractivity contribution in [1.82, 2.24) is 9.88 Å². The third kappa shape index (κ3) is 6.33. The third-order valence-electron chi connectivity index (χ3n) is 6.67. The summed E-state index contributed by atoms with van der Waals surface area (Å²) >= 11 is 0. The van der Waals surface area contributed by atoms with Crippen molar-refractivity contribution in [3.63, 3.8) is 0 Å². The molecule has 2 fully saturated rings. The molecule has 1 N–H and O–H groups in total. The van der Waals surface area contributed by atoms with Crippen molar-refractivity contribution in [2.45, 2.75) is 78.7 Å². The Kier molecular flexibility index (Phi) is 9.23. The maximum atomic E-state index is 15.6. The highest BCUT2D eigenvalue weighted by Crippen LogP contribution is 2.43. The quantitative estimate of drug-likeness (QED) is 0.493. The lowest BCUT2D eigenvalue weighted by Crippen LogP contribution is -2.43. The molecule has 0 spiro atoms. The topological polar surface area (TPSA) is 89.9 Å². The number of alkyl halides is 2. The monoisotopic (exact) mass is 553 g/mol. The summed E-state index contributed by atoms with van der Waals surface area (Å²) in [5.74, 6) is -2.21. The second kappa shape index (κ2) is 11.9. The first kappa shape index (κ1) is 30.3. The second-order valence-corrected chi connectivity index (χ2v) is 10.6. The molecule has 1 amide bonds. The smallest absolute Gasteiger partial charge is 0.407 e.